The standard InChI is InChI=1S/C12H11BrF2N2S/c1-7-12(13)11(17(2)16-7)6-18-8-3-4-9(14)10(15)5-8/h3-5H,6H2,1-2H3. The topological polar surface area (TPSA) is 17.8 Å². The first-order valence-corrected chi connectivity index (χ1v) is 7.02. The molecule has 0 unspecified atom stereocenters. The number of hydrogen-bond donors (Lipinski definition) is 0. The Bertz CT molecular complexity index is 584. The number of thioether (sulfide) groups is 1. The summed E-state index contributed by atoms with van der Waals surface area (Å²) >= 11 is 4.91. The van der Waals surface area contributed by atoms with E-state index in [0.29, 0.717) is 10.6 Å². The fraction of sp³-hybridized carbons (Fsp3) is 0.250. The second-order valence-corrected chi connectivity index (χ2v) is 5.68. The van der Waals surface area contributed by atoms with E-state index in [0.717, 1.165) is 21.9 Å². The van der Waals surface area contributed by atoms with Gasteiger partial charge in [0.25, 0.3) is 0 Å². The van der Waals surface area contributed by atoms with Gasteiger partial charge >= 0.3 is 0 Å². The lowest BCUT2D eigenvalue weighted by Crippen LogP contribution is -1.96. The Morgan fingerprint density at radius 3 is 2.61 bits per heavy atom. The van der Waals surface area contributed by atoms with Crippen molar-refractivity contribution in [2.75, 3.05) is 0 Å². The van der Waals surface area contributed by atoms with Gasteiger partial charge in [-0.3, -0.25) is 4.68 Å². The third-order valence-electron chi connectivity index (χ3n) is 2.53. The molecule has 1 aromatic heterocycles. The average Bonchev–Trinajstić information content (AvgIpc) is 2.56. The van der Waals surface area contributed by atoms with E-state index in [9.17, 15) is 8.78 Å². The van der Waals surface area contributed by atoms with E-state index in [-0.39, 0.29) is 0 Å². The molecule has 0 fully saturated rings. The van der Waals surface area contributed by atoms with Gasteiger partial charge in [-0.2, -0.15) is 5.10 Å². The van der Waals surface area contributed by atoms with Crippen molar-refractivity contribution in [2.45, 2.75) is 17.6 Å². The van der Waals surface area contributed by atoms with Gasteiger partial charge < -0.3 is 0 Å². The van der Waals surface area contributed by atoms with Gasteiger partial charge in [0.05, 0.1) is 15.9 Å². The molecule has 2 rings (SSSR count). The van der Waals surface area contributed by atoms with Crippen molar-refractivity contribution in [1.29, 1.82) is 0 Å². The summed E-state index contributed by atoms with van der Waals surface area (Å²) in [5.41, 5.74) is 1.93. The first-order valence-electron chi connectivity index (χ1n) is 5.25. The molecule has 0 aliphatic rings. The van der Waals surface area contributed by atoms with Crippen LogP contribution in [0.3, 0.4) is 0 Å². The minimum Gasteiger partial charge on any atom is -0.270 e. The van der Waals surface area contributed by atoms with E-state index in [1.54, 1.807) is 10.7 Å². The number of nitrogens with zero attached hydrogens (tertiary/aromatic N) is 2. The number of benzene rings is 1. The van der Waals surface area contributed by atoms with Crippen LogP contribution >= 0.6 is 27.7 Å². The lowest BCUT2D eigenvalue weighted by molar-refractivity contribution is 0.506. The molecule has 0 saturated carbocycles. The van der Waals surface area contributed by atoms with E-state index >= 15 is 0 Å². The molecule has 0 aliphatic heterocycles. The van der Waals surface area contributed by atoms with Crippen LogP contribution in [0, 0.1) is 18.6 Å². The Balaban J connectivity index is 2.14. The first kappa shape index (κ1) is 13.5. The molecule has 96 valence electrons. The van der Waals surface area contributed by atoms with Crippen molar-refractivity contribution in [1.82, 2.24) is 9.78 Å². The highest BCUT2D eigenvalue weighted by atomic mass is 79.9. The van der Waals surface area contributed by atoms with Gasteiger partial charge in [-0.15, -0.1) is 11.8 Å². The van der Waals surface area contributed by atoms with Crippen LogP contribution in [0.5, 0.6) is 0 Å². The summed E-state index contributed by atoms with van der Waals surface area (Å²) in [6.45, 7) is 1.91. The summed E-state index contributed by atoms with van der Waals surface area (Å²) in [4.78, 5) is 0.694. The number of halogens is 3. The van der Waals surface area contributed by atoms with Gasteiger partial charge in [-0.1, -0.05) is 0 Å². The van der Waals surface area contributed by atoms with Gasteiger partial charge in [0.2, 0.25) is 0 Å². The van der Waals surface area contributed by atoms with Crippen molar-refractivity contribution in [3.63, 3.8) is 0 Å². The molecule has 0 atom stereocenters. The van der Waals surface area contributed by atoms with Crippen LogP contribution in [0.15, 0.2) is 27.6 Å². The van der Waals surface area contributed by atoms with Crippen LogP contribution in [-0.2, 0) is 12.8 Å². The monoisotopic (exact) mass is 332 g/mol. The maximum absolute atomic E-state index is 13.1. The lowest BCUT2D eigenvalue weighted by Gasteiger charge is -2.04. The molecule has 0 spiro atoms. The van der Waals surface area contributed by atoms with Crippen molar-refractivity contribution < 1.29 is 8.78 Å². The first-order chi connectivity index (χ1) is 8.49. The molecular weight excluding hydrogens is 322 g/mol. The average molecular weight is 333 g/mol. The number of rotatable bonds is 3. The highest BCUT2D eigenvalue weighted by Gasteiger charge is 2.11. The molecule has 1 aromatic carbocycles. The predicted octanol–water partition coefficient (Wildman–Crippen LogP) is 4.06. The summed E-state index contributed by atoms with van der Waals surface area (Å²) < 4.78 is 28.6. The zero-order valence-electron chi connectivity index (χ0n) is 9.88. The van der Waals surface area contributed by atoms with Crippen molar-refractivity contribution >= 4 is 27.7 Å². The summed E-state index contributed by atoms with van der Waals surface area (Å²) in [5, 5.41) is 4.28. The molecule has 2 aromatic rings. The minimum absolute atomic E-state index is 0.642. The van der Waals surface area contributed by atoms with E-state index in [1.807, 2.05) is 14.0 Å². The van der Waals surface area contributed by atoms with Gasteiger partial charge in [-0.25, -0.2) is 8.78 Å². The van der Waals surface area contributed by atoms with E-state index in [2.05, 4.69) is 21.0 Å². The number of hydrogen-bond acceptors (Lipinski definition) is 2. The minimum atomic E-state index is -0.822. The maximum Gasteiger partial charge on any atom is 0.159 e. The van der Waals surface area contributed by atoms with E-state index in [1.165, 1.54) is 17.8 Å². The molecule has 0 aliphatic carbocycles. The van der Waals surface area contributed by atoms with Crippen molar-refractivity contribution in [3.05, 3.63) is 45.7 Å². The van der Waals surface area contributed by atoms with Crippen LogP contribution in [0.25, 0.3) is 0 Å². The molecule has 18 heavy (non-hydrogen) atoms. The maximum atomic E-state index is 13.1. The highest BCUT2D eigenvalue weighted by Crippen LogP contribution is 2.29. The van der Waals surface area contributed by atoms with Gasteiger partial charge in [-0.05, 0) is 41.1 Å². The zero-order valence-corrected chi connectivity index (χ0v) is 12.3. The van der Waals surface area contributed by atoms with E-state index < -0.39 is 11.6 Å². The second-order valence-electron chi connectivity index (χ2n) is 3.83. The fourth-order valence-corrected chi connectivity index (χ4v) is 3.20. The van der Waals surface area contributed by atoms with Crippen molar-refractivity contribution in [2.24, 2.45) is 7.05 Å². The molecule has 1 heterocycles. The van der Waals surface area contributed by atoms with Crippen LogP contribution < -0.4 is 0 Å². The van der Waals surface area contributed by atoms with Crippen molar-refractivity contribution in [3.8, 4) is 0 Å². The number of aromatic nitrogens is 2. The fourth-order valence-electron chi connectivity index (χ4n) is 1.56. The molecule has 0 amide bonds. The molecule has 0 bridgehead atoms. The number of aryl methyl sites for hydroxylation is 2. The molecular formula is C12H11BrF2N2S. The largest absolute Gasteiger partial charge is 0.270 e. The highest BCUT2D eigenvalue weighted by molar-refractivity contribution is 9.10. The summed E-state index contributed by atoms with van der Waals surface area (Å²) in [6.07, 6.45) is 0. The Morgan fingerprint density at radius 2 is 2.06 bits per heavy atom. The SMILES string of the molecule is Cc1nn(C)c(CSc2ccc(F)c(F)c2)c1Br. The smallest absolute Gasteiger partial charge is 0.159 e. The Hall–Kier alpha value is -0.880. The predicted molar refractivity (Wildman–Crippen MR) is 71.6 cm³/mol. The lowest BCUT2D eigenvalue weighted by atomic mass is 10.3. The van der Waals surface area contributed by atoms with Crippen LogP contribution in [0.4, 0.5) is 8.78 Å². The quantitative estimate of drug-likeness (QED) is 0.789. The second kappa shape index (κ2) is 5.40. The molecule has 0 saturated heterocycles. The molecule has 0 N–H and O–H groups in total. The van der Waals surface area contributed by atoms with Gasteiger partial charge in [0.1, 0.15) is 0 Å². The summed E-state index contributed by atoms with van der Waals surface area (Å²) in [6, 6.07) is 3.92. The Kier molecular flexibility index (Phi) is 4.07. The van der Waals surface area contributed by atoms with E-state index in [4.69, 9.17) is 0 Å². The van der Waals surface area contributed by atoms with Gasteiger partial charge in [0.15, 0.2) is 11.6 Å². The van der Waals surface area contributed by atoms with Crippen LogP contribution in [0.2, 0.25) is 0 Å². The zero-order chi connectivity index (χ0) is 13.3. The van der Waals surface area contributed by atoms with Crippen LogP contribution in [0.1, 0.15) is 11.4 Å². The normalized spacial score (nSPS) is 10.9. The molecule has 0 radical (unpaired) electrons. The third-order valence-corrected chi connectivity index (χ3v) is 4.56. The Morgan fingerprint density at radius 1 is 1.33 bits per heavy atom. The van der Waals surface area contributed by atoms with Crippen LogP contribution in [-0.4, -0.2) is 9.78 Å². The molecule has 2 nitrogen and oxygen atoms in total. The summed E-state index contributed by atoms with van der Waals surface area (Å²) in [7, 11) is 1.86. The molecule has 6 heteroatoms. The Labute approximate surface area is 117 Å². The third kappa shape index (κ3) is 2.75. The summed E-state index contributed by atoms with van der Waals surface area (Å²) in [5.74, 6) is -1.000. The van der Waals surface area contributed by atoms with Gasteiger partial charge in [0, 0.05) is 17.7 Å².